The van der Waals surface area contributed by atoms with Crippen molar-refractivity contribution in [1.29, 1.82) is 0 Å². The van der Waals surface area contributed by atoms with Crippen LogP contribution in [0.2, 0.25) is 0 Å². The van der Waals surface area contributed by atoms with Gasteiger partial charge in [0, 0.05) is 17.0 Å². The van der Waals surface area contributed by atoms with Gasteiger partial charge in [-0.05, 0) is 12.1 Å². The fraction of sp³-hybridized carbons (Fsp3) is 0.118. The number of ether oxygens (including phenoxy) is 1. The predicted octanol–water partition coefficient (Wildman–Crippen LogP) is 3.82. The number of nitro groups is 1. The molecule has 10 heteroatoms. The van der Waals surface area contributed by atoms with Gasteiger partial charge in [0.1, 0.15) is 4.92 Å². The molecule has 27 heavy (non-hydrogen) atoms. The first-order valence-electron chi connectivity index (χ1n) is 7.91. The lowest BCUT2D eigenvalue weighted by molar-refractivity contribution is -0.402. The molecular weight excluding hydrogens is 370 g/mol. The minimum Gasteiger partial charge on any atom is -0.444 e. The van der Waals surface area contributed by atoms with E-state index in [1.165, 1.54) is 23.9 Å². The molecule has 136 valence electrons. The zero-order valence-corrected chi connectivity index (χ0v) is 14.7. The molecule has 0 amide bonds. The van der Waals surface area contributed by atoms with Gasteiger partial charge < -0.3 is 14.5 Å². The number of anilines is 1. The Bertz CT molecular complexity index is 1020. The summed E-state index contributed by atoms with van der Waals surface area (Å²) < 4.78 is 11.3. The number of hydrogen-bond donors (Lipinski definition) is 1. The molecule has 1 aromatic carbocycles. The highest BCUT2D eigenvalue weighted by molar-refractivity contribution is 7.99. The molecule has 0 saturated carbocycles. The Balaban J connectivity index is 1.78. The Kier molecular flexibility index (Phi) is 4.47. The monoisotopic (exact) mass is 383 g/mol. The number of para-hydroxylation sites is 1. The van der Waals surface area contributed by atoms with Gasteiger partial charge in [-0.25, -0.2) is 0 Å². The van der Waals surface area contributed by atoms with Crippen molar-refractivity contribution in [2.75, 3.05) is 11.1 Å². The number of thioether (sulfide) groups is 1. The van der Waals surface area contributed by atoms with E-state index in [-0.39, 0.29) is 17.5 Å². The number of benzene rings is 1. The highest BCUT2D eigenvalue weighted by Gasteiger charge is 2.29. The summed E-state index contributed by atoms with van der Waals surface area (Å²) in [6.07, 6.45) is 0.928. The second kappa shape index (κ2) is 7.08. The van der Waals surface area contributed by atoms with E-state index in [0.29, 0.717) is 16.6 Å². The molecule has 1 aliphatic heterocycles. The second-order valence-electron chi connectivity index (χ2n) is 5.47. The molecule has 9 nitrogen and oxygen atoms in total. The first kappa shape index (κ1) is 17.0. The molecule has 2 aromatic heterocycles. The molecule has 0 radical (unpaired) electrons. The summed E-state index contributed by atoms with van der Waals surface area (Å²) in [5.41, 5.74) is 1.96. The topological polar surface area (TPSA) is 116 Å². The SMILES string of the molecule is C=CCSc1nnc2c(n1)O[C@@H](c1ccc([N+](=O)[O-])o1)Nc1ccccc1-2. The average molecular weight is 383 g/mol. The van der Waals surface area contributed by atoms with Crippen molar-refractivity contribution in [2.24, 2.45) is 0 Å². The summed E-state index contributed by atoms with van der Waals surface area (Å²) in [5, 5.41) is 22.9. The highest BCUT2D eigenvalue weighted by Crippen LogP contribution is 2.40. The number of aromatic nitrogens is 3. The van der Waals surface area contributed by atoms with E-state index in [9.17, 15) is 10.1 Å². The summed E-state index contributed by atoms with van der Waals surface area (Å²) in [4.78, 5) is 14.7. The number of fused-ring (bicyclic) bond motifs is 3. The Morgan fingerprint density at radius 1 is 1.30 bits per heavy atom. The minimum atomic E-state index is -0.810. The first-order chi connectivity index (χ1) is 13.2. The van der Waals surface area contributed by atoms with E-state index in [0.717, 1.165) is 11.3 Å². The van der Waals surface area contributed by atoms with Crippen LogP contribution in [0.15, 0.2) is 58.6 Å². The largest absolute Gasteiger partial charge is 0.444 e. The first-order valence-corrected chi connectivity index (χ1v) is 8.89. The summed E-state index contributed by atoms with van der Waals surface area (Å²) in [6, 6.07) is 10.2. The molecule has 4 rings (SSSR count). The van der Waals surface area contributed by atoms with Gasteiger partial charge in [0.05, 0.1) is 6.07 Å². The molecule has 1 atom stereocenters. The number of nitrogens with one attached hydrogen (secondary N) is 1. The van der Waals surface area contributed by atoms with Crippen molar-refractivity contribution in [2.45, 2.75) is 11.4 Å². The average Bonchev–Trinajstić information content (AvgIpc) is 3.11. The van der Waals surface area contributed by atoms with Crippen LogP contribution in [0.5, 0.6) is 5.88 Å². The maximum Gasteiger partial charge on any atom is 0.433 e. The Labute approximate surface area is 157 Å². The third kappa shape index (κ3) is 3.34. The van der Waals surface area contributed by atoms with E-state index >= 15 is 0 Å². The number of hydrogen-bond acceptors (Lipinski definition) is 9. The number of nitrogens with zero attached hydrogens (tertiary/aromatic N) is 4. The minimum absolute atomic E-state index is 0.253. The van der Waals surface area contributed by atoms with Crippen LogP contribution in [0.1, 0.15) is 12.0 Å². The molecule has 0 spiro atoms. The lowest BCUT2D eigenvalue weighted by Gasteiger charge is -2.16. The van der Waals surface area contributed by atoms with Crippen LogP contribution < -0.4 is 10.1 Å². The van der Waals surface area contributed by atoms with Crippen molar-refractivity contribution in [1.82, 2.24) is 15.2 Å². The van der Waals surface area contributed by atoms with E-state index in [1.807, 2.05) is 24.3 Å². The molecule has 0 fully saturated rings. The van der Waals surface area contributed by atoms with Gasteiger partial charge in [0.2, 0.25) is 17.3 Å². The molecule has 1 aliphatic rings. The zero-order chi connectivity index (χ0) is 18.8. The third-order valence-electron chi connectivity index (χ3n) is 3.71. The number of furan rings is 1. The standard InChI is InChI=1S/C17H13N5O4S/c1-2-9-27-17-19-16-14(20-21-17)10-5-3-4-6-11(10)18-15(26-16)12-7-8-13(25-12)22(23)24/h2-8,15,18H,1,9H2/t15-/m0/s1. The van der Waals surface area contributed by atoms with Crippen molar-refractivity contribution in [3.8, 4) is 17.1 Å². The lowest BCUT2D eigenvalue weighted by Crippen LogP contribution is -2.16. The molecule has 0 saturated heterocycles. The van der Waals surface area contributed by atoms with Crippen molar-refractivity contribution >= 4 is 23.3 Å². The van der Waals surface area contributed by atoms with Gasteiger partial charge in [-0.15, -0.1) is 16.8 Å². The van der Waals surface area contributed by atoms with Crippen LogP contribution in [0.4, 0.5) is 11.6 Å². The zero-order valence-electron chi connectivity index (χ0n) is 13.9. The smallest absolute Gasteiger partial charge is 0.433 e. The van der Waals surface area contributed by atoms with E-state index in [2.05, 4.69) is 27.1 Å². The van der Waals surface area contributed by atoms with Gasteiger partial charge in [-0.1, -0.05) is 36.0 Å². The maximum atomic E-state index is 10.9. The Morgan fingerprint density at radius 2 is 2.15 bits per heavy atom. The molecule has 3 aromatic rings. The summed E-state index contributed by atoms with van der Waals surface area (Å²) >= 11 is 1.37. The molecule has 1 N–H and O–H groups in total. The lowest BCUT2D eigenvalue weighted by atomic mass is 10.1. The van der Waals surface area contributed by atoms with Crippen LogP contribution in [0.25, 0.3) is 11.3 Å². The van der Waals surface area contributed by atoms with Gasteiger partial charge in [0.15, 0.2) is 11.5 Å². The van der Waals surface area contributed by atoms with Crippen LogP contribution in [-0.2, 0) is 0 Å². The molecule has 0 aliphatic carbocycles. The van der Waals surface area contributed by atoms with Gasteiger partial charge in [0.25, 0.3) is 0 Å². The van der Waals surface area contributed by atoms with Crippen LogP contribution in [-0.4, -0.2) is 25.9 Å². The Hall–Kier alpha value is -3.40. The van der Waals surface area contributed by atoms with Gasteiger partial charge in [-0.3, -0.25) is 10.1 Å². The second-order valence-corrected chi connectivity index (χ2v) is 6.46. The summed E-state index contributed by atoms with van der Waals surface area (Å²) in [7, 11) is 0. The predicted molar refractivity (Wildman–Crippen MR) is 98.5 cm³/mol. The third-order valence-corrected chi connectivity index (χ3v) is 4.55. The highest BCUT2D eigenvalue weighted by atomic mass is 32.2. The summed E-state index contributed by atoms with van der Waals surface area (Å²) in [5.74, 6) is 0.779. The molecule has 0 bridgehead atoms. The van der Waals surface area contributed by atoms with Gasteiger partial charge >= 0.3 is 5.88 Å². The normalized spacial score (nSPS) is 14.9. The Morgan fingerprint density at radius 3 is 2.93 bits per heavy atom. The fourth-order valence-corrected chi connectivity index (χ4v) is 3.06. The van der Waals surface area contributed by atoms with Crippen molar-refractivity contribution in [3.63, 3.8) is 0 Å². The molecular formula is C17H13N5O4S. The maximum absolute atomic E-state index is 10.9. The summed E-state index contributed by atoms with van der Waals surface area (Å²) in [6.45, 7) is 3.67. The van der Waals surface area contributed by atoms with Crippen molar-refractivity contribution < 1.29 is 14.1 Å². The van der Waals surface area contributed by atoms with E-state index in [1.54, 1.807) is 6.08 Å². The van der Waals surface area contributed by atoms with Crippen LogP contribution >= 0.6 is 11.8 Å². The number of rotatable bonds is 5. The van der Waals surface area contributed by atoms with Crippen molar-refractivity contribution in [3.05, 3.63) is 64.9 Å². The van der Waals surface area contributed by atoms with E-state index < -0.39 is 11.2 Å². The fourth-order valence-electron chi connectivity index (χ4n) is 2.55. The molecule has 3 heterocycles. The van der Waals surface area contributed by atoms with Gasteiger partial charge in [-0.2, -0.15) is 4.98 Å². The van der Waals surface area contributed by atoms with E-state index in [4.69, 9.17) is 9.15 Å². The molecule has 0 unspecified atom stereocenters. The van der Waals surface area contributed by atoms with Crippen LogP contribution in [0.3, 0.4) is 0 Å². The quantitative estimate of drug-likeness (QED) is 0.304. The van der Waals surface area contributed by atoms with Crippen LogP contribution in [0, 0.1) is 10.1 Å².